The molecule has 1 fully saturated rings. The number of amides is 1. The summed E-state index contributed by atoms with van der Waals surface area (Å²) in [7, 11) is 1.32. The Labute approximate surface area is 163 Å². The van der Waals surface area contributed by atoms with Crippen LogP contribution in [-0.4, -0.2) is 41.4 Å². The maximum absolute atomic E-state index is 12.5. The highest BCUT2D eigenvalue weighted by molar-refractivity contribution is 8.26. The van der Waals surface area contributed by atoms with Crippen molar-refractivity contribution in [3.8, 4) is 5.75 Å². The predicted octanol–water partition coefficient (Wildman–Crippen LogP) is 4.02. The van der Waals surface area contributed by atoms with Crippen LogP contribution < -0.4 is 4.74 Å². The van der Waals surface area contributed by atoms with E-state index < -0.39 is 0 Å². The average molecular weight is 394 g/mol. The van der Waals surface area contributed by atoms with Crippen LogP contribution in [0.1, 0.15) is 38.2 Å². The van der Waals surface area contributed by atoms with Gasteiger partial charge in [-0.05, 0) is 30.2 Å². The Morgan fingerprint density at radius 2 is 2.00 bits per heavy atom. The van der Waals surface area contributed by atoms with E-state index in [1.165, 1.54) is 30.2 Å². The molecule has 1 amide bonds. The summed E-state index contributed by atoms with van der Waals surface area (Å²) < 4.78 is 10.7. The minimum atomic E-state index is -0.363. The largest absolute Gasteiger partial charge is 0.494 e. The van der Waals surface area contributed by atoms with E-state index in [4.69, 9.17) is 17.0 Å². The van der Waals surface area contributed by atoms with Gasteiger partial charge in [-0.1, -0.05) is 55.9 Å². The van der Waals surface area contributed by atoms with Gasteiger partial charge < -0.3 is 9.47 Å². The van der Waals surface area contributed by atoms with Gasteiger partial charge in [-0.15, -0.1) is 0 Å². The van der Waals surface area contributed by atoms with Gasteiger partial charge in [0.2, 0.25) is 0 Å². The van der Waals surface area contributed by atoms with Crippen molar-refractivity contribution >= 4 is 46.3 Å². The molecule has 1 aliphatic rings. The molecule has 1 aliphatic heterocycles. The van der Waals surface area contributed by atoms with E-state index in [-0.39, 0.29) is 24.8 Å². The van der Waals surface area contributed by atoms with E-state index in [2.05, 4.69) is 11.7 Å². The molecule has 7 heteroatoms. The quantitative estimate of drug-likeness (QED) is 0.273. The average Bonchev–Trinajstić information content (AvgIpc) is 2.91. The van der Waals surface area contributed by atoms with Crippen LogP contribution in [0.3, 0.4) is 0 Å². The van der Waals surface area contributed by atoms with Crippen molar-refractivity contribution in [2.45, 2.75) is 32.6 Å². The standard InChI is InChI=1S/C19H23NO4S2/c1-3-4-5-12-24-15-8-6-14(7-9-15)13-16-18(22)20(19(25)26-16)11-10-17(21)23-2/h6-9,13H,3-5,10-12H2,1-2H3/b16-13-. The molecule has 0 N–H and O–H groups in total. The Balaban J connectivity index is 1.95. The van der Waals surface area contributed by atoms with Crippen LogP contribution in [0.15, 0.2) is 29.2 Å². The number of esters is 1. The minimum absolute atomic E-state index is 0.125. The van der Waals surface area contributed by atoms with Gasteiger partial charge in [-0.3, -0.25) is 14.5 Å². The molecular weight excluding hydrogens is 370 g/mol. The highest BCUT2D eigenvalue weighted by Gasteiger charge is 2.32. The molecule has 2 rings (SSSR count). The van der Waals surface area contributed by atoms with Gasteiger partial charge in [0.05, 0.1) is 25.0 Å². The van der Waals surface area contributed by atoms with E-state index in [1.54, 1.807) is 6.08 Å². The molecule has 0 aliphatic carbocycles. The van der Waals surface area contributed by atoms with Gasteiger partial charge in [0, 0.05) is 6.54 Å². The number of thioether (sulfide) groups is 1. The highest BCUT2D eigenvalue weighted by Crippen LogP contribution is 2.32. The molecule has 1 aromatic rings. The topological polar surface area (TPSA) is 55.8 Å². The fraction of sp³-hybridized carbons (Fsp3) is 0.421. The van der Waals surface area contributed by atoms with Crippen LogP contribution in [0.4, 0.5) is 0 Å². The molecule has 0 aromatic heterocycles. The molecule has 5 nitrogen and oxygen atoms in total. The molecule has 0 bridgehead atoms. The first-order valence-corrected chi connectivity index (χ1v) is 9.82. The number of nitrogens with zero attached hydrogens (tertiary/aromatic N) is 1. The van der Waals surface area contributed by atoms with Gasteiger partial charge in [-0.25, -0.2) is 0 Å². The van der Waals surface area contributed by atoms with E-state index in [0.29, 0.717) is 15.8 Å². The summed E-state index contributed by atoms with van der Waals surface area (Å²) >= 11 is 6.49. The van der Waals surface area contributed by atoms with Gasteiger partial charge in [0.1, 0.15) is 10.1 Å². The second-order valence-electron chi connectivity index (χ2n) is 5.78. The highest BCUT2D eigenvalue weighted by atomic mass is 32.2. The Kier molecular flexibility index (Phi) is 8.12. The molecule has 0 spiro atoms. The van der Waals surface area contributed by atoms with Crippen molar-refractivity contribution in [3.05, 3.63) is 34.7 Å². The summed E-state index contributed by atoms with van der Waals surface area (Å²) in [6.07, 6.45) is 5.31. The van der Waals surface area contributed by atoms with Gasteiger partial charge in [0.25, 0.3) is 5.91 Å². The minimum Gasteiger partial charge on any atom is -0.494 e. The molecule has 1 aromatic carbocycles. The molecule has 1 heterocycles. The maximum Gasteiger partial charge on any atom is 0.307 e. The van der Waals surface area contributed by atoms with Gasteiger partial charge in [-0.2, -0.15) is 0 Å². The van der Waals surface area contributed by atoms with Crippen LogP contribution in [-0.2, 0) is 14.3 Å². The summed E-state index contributed by atoms with van der Waals surface area (Å²) in [5, 5.41) is 0. The molecule has 0 unspecified atom stereocenters. The lowest BCUT2D eigenvalue weighted by molar-refractivity contribution is -0.140. The number of hydrogen-bond acceptors (Lipinski definition) is 6. The van der Waals surface area contributed by atoms with Crippen molar-refractivity contribution in [1.82, 2.24) is 4.90 Å². The first-order chi connectivity index (χ1) is 12.5. The Morgan fingerprint density at radius 3 is 2.65 bits per heavy atom. The molecule has 140 valence electrons. The zero-order valence-corrected chi connectivity index (χ0v) is 16.7. The number of rotatable bonds is 9. The van der Waals surface area contributed by atoms with Crippen molar-refractivity contribution in [3.63, 3.8) is 0 Å². The van der Waals surface area contributed by atoms with Crippen LogP contribution in [0.25, 0.3) is 6.08 Å². The SMILES string of the molecule is CCCCCOc1ccc(/C=C2\SC(=S)N(CCC(=O)OC)C2=O)cc1. The lowest BCUT2D eigenvalue weighted by Crippen LogP contribution is -2.30. The van der Waals surface area contributed by atoms with Crippen molar-refractivity contribution in [2.75, 3.05) is 20.3 Å². The molecule has 0 atom stereocenters. The normalized spacial score (nSPS) is 15.6. The smallest absolute Gasteiger partial charge is 0.307 e. The van der Waals surface area contributed by atoms with Crippen molar-refractivity contribution < 1.29 is 19.1 Å². The van der Waals surface area contributed by atoms with Crippen molar-refractivity contribution in [1.29, 1.82) is 0 Å². The number of carbonyl (C=O) groups excluding carboxylic acids is 2. The number of hydrogen-bond donors (Lipinski definition) is 0. The third kappa shape index (κ3) is 5.85. The van der Waals surface area contributed by atoms with E-state index in [1.807, 2.05) is 24.3 Å². The van der Waals surface area contributed by atoms with Crippen molar-refractivity contribution in [2.24, 2.45) is 0 Å². The summed E-state index contributed by atoms with van der Waals surface area (Å²) in [5.41, 5.74) is 0.902. The van der Waals surface area contributed by atoms with Crippen LogP contribution >= 0.6 is 24.0 Å². The van der Waals surface area contributed by atoms with Crippen LogP contribution in [0.5, 0.6) is 5.75 Å². The Morgan fingerprint density at radius 1 is 1.27 bits per heavy atom. The fourth-order valence-electron chi connectivity index (χ4n) is 2.35. The molecule has 0 saturated carbocycles. The number of ether oxygens (including phenoxy) is 2. The summed E-state index contributed by atoms with van der Waals surface area (Å²) in [5.74, 6) is 0.283. The predicted molar refractivity (Wildman–Crippen MR) is 108 cm³/mol. The van der Waals surface area contributed by atoms with Gasteiger partial charge in [0.15, 0.2) is 0 Å². The number of thiocarbonyl (C=S) groups is 1. The zero-order chi connectivity index (χ0) is 18.9. The zero-order valence-electron chi connectivity index (χ0n) is 15.0. The number of methoxy groups -OCH3 is 1. The maximum atomic E-state index is 12.5. The third-order valence-corrected chi connectivity index (χ3v) is 5.21. The molecule has 26 heavy (non-hydrogen) atoms. The van der Waals surface area contributed by atoms with E-state index in [9.17, 15) is 9.59 Å². The monoisotopic (exact) mass is 393 g/mol. The second-order valence-corrected chi connectivity index (χ2v) is 7.46. The third-order valence-electron chi connectivity index (χ3n) is 3.84. The second kappa shape index (κ2) is 10.3. The summed E-state index contributed by atoms with van der Waals surface area (Å²) in [6.45, 7) is 3.11. The van der Waals surface area contributed by atoms with Gasteiger partial charge >= 0.3 is 5.97 Å². The van der Waals surface area contributed by atoms with Crippen LogP contribution in [0.2, 0.25) is 0 Å². The summed E-state index contributed by atoms with van der Waals surface area (Å²) in [4.78, 5) is 25.7. The summed E-state index contributed by atoms with van der Waals surface area (Å²) in [6, 6.07) is 7.62. The lowest BCUT2D eigenvalue weighted by Gasteiger charge is -2.12. The molecular formula is C19H23NO4S2. The number of unbranched alkanes of at least 4 members (excludes halogenated alkanes) is 2. The molecule has 1 saturated heterocycles. The first kappa shape index (κ1) is 20.5. The number of benzene rings is 1. The first-order valence-electron chi connectivity index (χ1n) is 8.60. The Bertz CT molecular complexity index is 685. The molecule has 0 radical (unpaired) electrons. The lowest BCUT2D eigenvalue weighted by atomic mass is 10.2. The van der Waals surface area contributed by atoms with E-state index >= 15 is 0 Å². The Hall–Kier alpha value is -1.86. The number of carbonyl (C=O) groups is 2. The van der Waals surface area contributed by atoms with Crippen LogP contribution in [0, 0.1) is 0 Å². The fourth-order valence-corrected chi connectivity index (χ4v) is 3.66. The van der Waals surface area contributed by atoms with E-state index in [0.717, 1.165) is 24.2 Å².